The Labute approximate surface area is 83.5 Å². The van der Waals surface area contributed by atoms with Crippen molar-refractivity contribution >= 4 is 0 Å². The second-order valence-electron chi connectivity index (χ2n) is 3.39. The lowest BCUT2D eigenvalue weighted by Crippen LogP contribution is -2.30. The first kappa shape index (κ1) is 9.85. The van der Waals surface area contributed by atoms with Gasteiger partial charge in [0, 0.05) is 18.7 Å². The molecule has 1 aromatic heterocycles. The number of allylic oxidation sites excluding steroid dienone is 1. The van der Waals surface area contributed by atoms with Crippen molar-refractivity contribution in [1.29, 1.82) is 0 Å². The van der Waals surface area contributed by atoms with Gasteiger partial charge in [-0.1, -0.05) is 0 Å². The normalized spacial score (nSPS) is 25.3. The fraction of sp³-hybridized carbons (Fsp3) is 0.333. The van der Waals surface area contributed by atoms with Crippen LogP contribution in [0.25, 0.3) is 0 Å². The quantitative estimate of drug-likeness (QED) is 0.670. The minimum atomic E-state index is -1.16. The smallest absolute Gasteiger partial charge is 0.328 e. The summed E-state index contributed by atoms with van der Waals surface area (Å²) in [5.41, 5.74) is -1.11. The fourth-order valence-electron chi connectivity index (χ4n) is 1.59. The lowest BCUT2D eigenvalue weighted by atomic mass is 10.2. The van der Waals surface area contributed by atoms with Gasteiger partial charge in [-0.05, 0) is 6.08 Å². The molecule has 0 spiro atoms. The number of rotatable bonds is 1. The molecule has 2 N–H and O–H groups in total. The summed E-state index contributed by atoms with van der Waals surface area (Å²) >= 11 is 0. The number of H-pyrrole nitrogens is 1. The Hall–Kier alpha value is -1.69. The van der Waals surface area contributed by atoms with Gasteiger partial charge in [0.1, 0.15) is 11.9 Å². The van der Waals surface area contributed by atoms with Crippen molar-refractivity contribution in [2.45, 2.75) is 18.6 Å². The zero-order valence-corrected chi connectivity index (χ0v) is 7.68. The summed E-state index contributed by atoms with van der Waals surface area (Å²) < 4.78 is 14.1. The molecule has 6 heteroatoms. The van der Waals surface area contributed by atoms with E-state index in [1.165, 1.54) is 22.9 Å². The Morgan fingerprint density at radius 3 is 2.80 bits per heavy atom. The van der Waals surface area contributed by atoms with Gasteiger partial charge in [0.25, 0.3) is 5.56 Å². The predicted octanol–water partition coefficient (Wildman–Crippen LogP) is -0.304. The summed E-state index contributed by atoms with van der Waals surface area (Å²) in [5, 5.41) is 9.14. The van der Waals surface area contributed by atoms with Gasteiger partial charge >= 0.3 is 5.69 Å². The minimum absolute atomic E-state index is 0.109. The highest BCUT2D eigenvalue weighted by Gasteiger charge is 2.26. The molecule has 0 saturated heterocycles. The van der Waals surface area contributed by atoms with Gasteiger partial charge in [-0.2, -0.15) is 0 Å². The van der Waals surface area contributed by atoms with Crippen LogP contribution in [-0.4, -0.2) is 20.8 Å². The van der Waals surface area contributed by atoms with Gasteiger partial charge < -0.3 is 5.11 Å². The van der Waals surface area contributed by atoms with Gasteiger partial charge in [-0.25, -0.2) is 9.18 Å². The summed E-state index contributed by atoms with van der Waals surface area (Å²) in [6.45, 7) is 0. The number of aromatic amines is 1. The van der Waals surface area contributed by atoms with Crippen molar-refractivity contribution in [2.75, 3.05) is 0 Å². The van der Waals surface area contributed by atoms with E-state index in [1.807, 2.05) is 0 Å². The molecule has 1 heterocycles. The highest BCUT2D eigenvalue weighted by Crippen LogP contribution is 2.27. The third-order valence-corrected chi connectivity index (χ3v) is 2.34. The van der Waals surface area contributed by atoms with Crippen LogP contribution >= 0.6 is 0 Å². The minimum Gasteiger partial charge on any atom is -0.386 e. The summed E-state index contributed by atoms with van der Waals surface area (Å²) in [6.07, 6.45) is 1.41. The number of nitrogens with zero attached hydrogens (tertiary/aromatic N) is 1. The zero-order valence-electron chi connectivity index (χ0n) is 7.68. The Bertz CT molecular complexity index is 517. The second-order valence-corrected chi connectivity index (χ2v) is 3.39. The van der Waals surface area contributed by atoms with Gasteiger partial charge in [0.2, 0.25) is 0 Å². The zero-order chi connectivity index (χ0) is 11.0. The van der Waals surface area contributed by atoms with E-state index in [0.29, 0.717) is 0 Å². The molecule has 80 valence electrons. The monoisotopic (exact) mass is 212 g/mol. The predicted molar refractivity (Wildman–Crippen MR) is 50.2 cm³/mol. The Balaban J connectivity index is 2.41. The third kappa shape index (κ3) is 1.75. The molecule has 0 aromatic carbocycles. The van der Waals surface area contributed by atoms with Gasteiger partial charge in [0.05, 0.1) is 6.04 Å². The molecular weight excluding hydrogens is 203 g/mol. The van der Waals surface area contributed by atoms with E-state index in [-0.39, 0.29) is 6.42 Å². The molecule has 15 heavy (non-hydrogen) atoms. The van der Waals surface area contributed by atoms with E-state index in [1.54, 1.807) is 0 Å². The van der Waals surface area contributed by atoms with E-state index in [4.69, 9.17) is 5.11 Å². The average Bonchev–Trinajstić information content (AvgIpc) is 2.46. The van der Waals surface area contributed by atoms with Gasteiger partial charge in [-0.3, -0.25) is 14.3 Å². The standard InChI is InChI=1S/C9H9FN2O3/c10-6-3-5(4-7(6)13)12-2-1-8(14)11-9(12)15/h1-3,5,7,13H,4H2,(H,11,14,15)/t5-,7-/m0/s1. The first-order valence-corrected chi connectivity index (χ1v) is 4.44. The van der Waals surface area contributed by atoms with Crippen LogP contribution in [0.5, 0.6) is 0 Å². The van der Waals surface area contributed by atoms with E-state index in [0.717, 1.165) is 0 Å². The maximum Gasteiger partial charge on any atom is 0.328 e. The highest BCUT2D eigenvalue weighted by molar-refractivity contribution is 5.12. The molecule has 0 amide bonds. The molecule has 1 aromatic rings. The second kappa shape index (κ2) is 3.47. The van der Waals surface area contributed by atoms with Crippen LogP contribution in [0.1, 0.15) is 12.5 Å². The van der Waals surface area contributed by atoms with Crippen molar-refractivity contribution in [3.8, 4) is 0 Å². The van der Waals surface area contributed by atoms with Crippen molar-refractivity contribution in [3.05, 3.63) is 45.0 Å². The van der Waals surface area contributed by atoms with Crippen LogP contribution in [0, 0.1) is 0 Å². The van der Waals surface area contributed by atoms with Crippen molar-refractivity contribution in [1.82, 2.24) is 9.55 Å². The van der Waals surface area contributed by atoms with Crippen LogP contribution in [0.15, 0.2) is 33.8 Å². The van der Waals surface area contributed by atoms with E-state index in [2.05, 4.69) is 4.98 Å². The Morgan fingerprint density at radius 1 is 1.53 bits per heavy atom. The molecule has 0 aliphatic heterocycles. The number of halogens is 1. The molecule has 5 nitrogen and oxygen atoms in total. The van der Waals surface area contributed by atoms with E-state index < -0.39 is 29.2 Å². The number of aliphatic hydroxyl groups excluding tert-OH is 1. The van der Waals surface area contributed by atoms with E-state index in [9.17, 15) is 14.0 Å². The Morgan fingerprint density at radius 2 is 2.27 bits per heavy atom. The first-order valence-electron chi connectivity index (χ1n) is 4.44. The molecular formula is C9H9FN2O3. The molecule has 2 atom stereocenters. The highest BCUT2D eigenvalue weighted by atomic mass is 19.1. The number of aromatic nitrogens is 2. The molecule has 1 aliphatic rings. The summed E-state index contributed by atoms with van der Waals surface area (Å²) in [7, 11) is 0. The lowest BCUT2D eigenvalue weighted by molar-refractivity contribution is 0.177. The number of aliphatic hydroxyl groups is 1. The summed E-state index contributed by atoms with van der Waals surface area (Å²) in [5.74, 6) is -0.641. The molecule has 0 radical (unpaired) electrons. The summed E-state index contributed by atoms with van der Waals surface area (Å²) in [6, 6.07) is 0.641. The van der Waals surface area contributed by atoms with Crippen molar-refractivity contribution in [3.63, 3.8) is 0 Å². The largest absolute Gasteiger partial charge is 0.386 e. The number of hydrogen-bond acceptors (Lipinski definition) is 3. The molecule has 0 bridgehead atoms. The Kier molecular flexibility index (Phi) is 2.28. The molecule has 2 rings (SSSR count). The molecule has 0 fully saturated rings. The average molecular weight is 212 g/mol. The number of hydrogen-bond donors (Lipinski definition) is 2. The molecule has 0 unspecified atom stereocenters. The van der Waals surface area contributed by atoms with Crippen LogP contribution in [0.2, 0.25) is 0 Å². The topological polar surface area (TPSA) is 75.1 Å². The van der Waals surface area contributed by atoms with Crippen LogP contribution in [0.3, 0.4) is 0 Å². The van der Waals surface area contributed by atoms with E-state index >= 15 is 0 Å². The van der Waals surface area contributed by atoms with Crippen LogP contribution < -0.4 is 11.2 Å². The maximum absolute atomic E-state index is 12.9. The first-order chi connectivity index (χ1) is 7.08. The SMILES string of the molecule is O=c1ccn([C@H]2C=C(F)[C@@H](O)C2)c(=O)[nH]1. The van der Waals surface area contributed by atoms with Gasteiger partial charge in [-0.15, -0.1) is 0 Å². The van der Waals surface area contributed by atoms with Crippen LogP contribution in [0.4, 0.5) is 4.39 Å². The van der Waals surface area contributed by atoms with Crippen LogP contribution in [-0.2, 0) is 0 Å². The van der Waals surface area contributed by atoms with Crippen molar-refractivity contribution in [2.24, 2.45) is 0 Å². The van der Waals surface area contributed by atoms with Crippen molar-refractivity contribution < 1.29 is 9.50 Å². The summed E-state index contributed by atoms with van der Waals surface area (Å²) in [4.78, 5) is 24.2. The number of nitrogens with one attached hydrogen (secondary N) is 1. The lowest BCUT2D eigenvalue weighted by Gasteiger charge is -2.10. The van der Waals surface area contributed by atoms with Gasteiger partial charge in [0.15, 0.2) is 0 Å². The molecule has 1 aliphatic carbocycles. The fourth-order valence-corrected chi connectivity index (χ4v) is 1.59. The molecule has 0 saturated carbocycles. The third-order valence-electron chi connectivity index (χ3n) is 2.34. The maximum atomic E-state index is 12.9.